The number of rotatable bonds is 8. The molecule has 0 aliphatic rings. The summed E-state index contributed by atoms with van der Waals surface area (Å²) in [6.07, 6.45) is 2.04. The topological polar surface area (TPSA) is 58.6 Å². The van der Waals surface area contributed by atoms with Crippen LogP contribution in [0.15, 0.2) is 24.3 Å². The molecule has 0 fully saturated rings. The summed E-state index contributed by atoms with van der Waals surface area (Å²) in [5.74, 6) is 1.48. The quantitative estimate of drug-likeness (QED) is 0.695. The second-order valence-electron chi connectivity index (χ2n) is 4.12. The number of aliphatic hydroxyl groups excluding tert-OH is 1. The molecule has 18 heavy (non-hydrogen) atoms. The number of aliphatic hydroxyl groups is 1. The van der Waals surface area contributed by atoms with Crippen LogP contribution >= 0.6 is 0 Å². The molecule has 1 aromatic carbocycles. The van der Waals surface area contributed by atoms with Crippen LogP contribution < -0.4 is 10.1 Å². The van der Waals surface area contributed by atoms with Crippen molar-refractivity contribution in [2.24, 2.45) is 0 Å². The van der Waals surface area contributed by atoms with Gasteiger partial charge in [-0.25, -0.2) is 0 Å². The maximum absolute atomic E-state index is 10.8. The van der Waals surface area contributed by atoms with Gasteiger partial charge in [-0.05, 0) is 30.7 Å². The minimum Gasteiger partial charge on any atom is -0.497 e. The zero-order chi connectivity index (χ0) is 13.4. The molecule has 0 aromatic heterocycles. The van der Waals surface area contributed by atoms with Crippen molar-refractivity contribution in [2.45, 2.75) is 12.5 Å². The summed E-state index contributed by atoms with van der Waals surface area (Å²) in [5.41, 5.74) is 0.863. The van der Waals surface area contributed by atoms with E-state index in [1.807, 2.05) is 24.3 Å². The Balaban J connectivity index is 2.27. The highest BCUT2D eigenvalue weighted by Gasteiger charge is 2.06. The average molecular weight is 271 g/mol. The van der Waals surface area contributed by atoms with Gasteiger partial charge in [-0.1, -0.05) is 12.1 Å². The van der Waals surface area contributed by atoms with E-state index < -0.39 is 16.9 Å². The van der Waals surface area contributed by atoms with Crippen LogP contribution in [0.2, 0.25) is 0 Å². The highest BCUT2D eigenvalue weighted by molar-refractivity contribution is 7.84. The van der Waals surface area contributed by atoms with Crippen molar-refractivity contribution in [1.82, 2.24) is 5.32 Å². The maximum atomic E-state index is 10.8. The molecule has 0 saturated heterocycles. The first-order valence-corrected chi connectivity index (χ1v) is 7.69. The van der Waals surface area contributed by atoms with Gasteiger partial charge in [0.2, 0.25) is 0 Å². The Bertz CT molecular complexity index is 367. The summed E-state index contributed by atoms with van der Waals surface area (Å²) in [4.78, 5) is 0. The minimum atomic E-state index is -0.736. The van der Waals surface area contributed by atoms with Crippen LogP contribution in [-0.2, 0) is 10.8 Å². The average Bonchev–Trinajstić information content (AvgIpc) is 2.38. The third-order valence-corrected chi connectivity index (χ3v) is 3.49. The molecule has 1 aromatic rings. The molecular formula is C13H21NO3S. The number of hydrogen-bond acceptors (Lipinski definition) is 4. The van der Waals surface area contributed by atoms with Crippen molar-refractivity contribution in [2.75, 3.05) is 32.2 Å². The van der Waals surface area contributed by atoms with E-state index in [1.165, 1.54) is 0 Å². The third-order valence-electron chi connectivity index (χ3n) is 2.62. The molecule has 0 radical (unpaired) electrons. The predicted octanol–water partition coefficient (Wildman–Crippen LogP) is 1.09. The van der Waals surface area contributed by atoms with E-state index in [0.29, 0.717) is 12.3 Å². The zero-order valence-electron chi connectivity index (χ0n) is 10.9. The van der Waals surface area contributed by atoms with Crippen LogP contribution in [0.1, 0.15) is 18.1 Å². The lowest BCUT2D eigenvalue weighted by Gasteiger charge is -2.12. The lowest BCUT2D eigenvalue weighted by atomic mass is 10.1. The summed E-state index contributed by atoms with van der Waals surface area (Å²) in [5, 5.41) is 13.1. The van der Waals surface area contributed by atoms with Crippen LogP contribution in [0.3, 0.4) is 0 Å². The second-order valence-corrected chi connectivity index (χ2v) is 5.68. The molecule has 102 valence electrons. The summed E-state index contributed by atoms with van der Waals surface area (Å²) in [6, 6.07) is 7.37. The molecule has 0 amide bonds. The van der Waals surface area contributed by atoms with E-state index in [1.54, 1.807) is 13.4 Å². The first-order chi connectivity index (χ1) is 8.63. The van der Waals surface area contributed by atoms with Gasteiger partial charge in [-0.2, -0.15) is 0 Å². The van der Waals surface area contributed by atoms with E-state index in [9.17, 15) is 9.32 Å². The Morgan fingerprint density at radius 3 is 2.61 bits per heavy atom. The molecule has 5 heteroatoms. The molecule has 4 nitrogen and oxygen atoms in total. The Morgan fingerprint density at radius 2 is 2.06 bits per heavy atom. The van der Waals surface area contributed by atoms with Gasteiger partial charge in [0.1, 0.15) is 5.75 Å². The maximum Gasteiger partial charge on any atom is 0.118 e. The van der Waals surface area contributed by atoms with E-state index in [0.717, 1.165) is 24.3 Å². The standard InChI is InChI=1S/C13H21NO3S/c1-17-12-6-4-11(5-7-12)13(15)10-14-8-3-9-18(2)16/h4-7,13-15H,3,8-10H2,1-2H3. The monoisotopic (exact) mass is 271 g/mol. The van der Waals surface area contributed by atoms with Crippen molar-refractivity contribution in [3.8, 4) is 5.75 Å². The van der Waals surface area contributed by atoms with Crippen LogP contribution in [-0.4, -0.2) is 41.5 Å². The number of methoxy groups -OCH3 is 1. The van der Waals surface area contributed by atoms with Crippen molar-refractivity contribution < 1.29 is 14.1 Å². The normalized spacial score (nSPS) is 14.2. The van der Waals surface area contributed by atoms with Crippen molar-refractivity contribution in [3.05, 3.63) is 29.8 Å². The van der Waals surface area contributed by atoms with Crippen molar-refractivity contribution in [3.63, 3.8) is 0 Å². The molecule has 0 aliphatic heterocycles. The first kappa shape index (κ1) is 15.1. The van der Waals surface area contributed by atoms with Gasteiger partial charge < -0.3 is 15.2 Å². The van der Waals surface area contributed by atoms with Gasteiger partial charge in [0.25, 0.3) is 0 Å². The predicted molar refractivity (Wildman–Crippen MR) is 74.4 cm³/mol. The Labute approximate surface area is 111 Å². The lowest BCUT2D eigenvalue weighted by Crippen LogP contribution is -2.23. The highest BCUT2D eigenvalue weighted by atomic mass is 32.2. The molecule has 0 saturated carbocycles. The molecule has 0 aliphatic carbocycles. The summed E-state index contributed by atoms with van der Waals surface area (Å²) >= 11 is 0. The van der Waals surface area contributed by atoms with Gasteiger partial charge in [0, 0.05) is 29.4 Å². The molecule has 0 spiro atoms. The number of nitrogens with one attached hydrogen (secondary N) is 1. The minimum absolute atomic E-state index is 0.503. The van der Waals surface area contributed by atoms with E-state index >= 15 is 0 Å². The fraction of sp³-hybridized carbons (Fsp3) is 0.538. The largest absolute Gasteiger partial charge is 0.497 e. The van der Waals surface area contributed by atoms with Crippen LogP contribution in [0, 0.1) is 0 Å². The molecule has 1 rings (SSSR count). The summed E-state index contributed by atoms with van der Waals surface area (Å²) in [7, 11) is 0.880. The van der Waals surface area contributed by atoms with Crippen LogP contribution in [0.25, 0.3) is 0 Å². The molecule has 0 heterocycles. The molecular weight excluding hydrogens is 250 g/mol. The van der Waals surface area contributed by atoms with E-state index in [4.69, 9.17) is 4.74 Å². The smallest absolute Gasteiger partial charge is 0.118 e. The zero-order valence-corrected chi connectivity index (χ0v) is 11.7. The SMILES string of the molecule is COc1ccc(C(O)CNCCCS(C)=O)cc1. The molecule has 2 N–H and O–H groups in total. The van der Waals surface area contributed by atoms with Gasteiger partial charge in [0.05, 0.1) is 13.2 Å². The molecule has 2 unspecified atom stereocenters. The number of hydrogen-bond donors (Lipinski definition) is 2. The Morgan fingerprint density at radius 1 is 1.39 bits per heavy atom. The van der Waals surface area contributed by atoms with Gasteiger partial charge in [-0.15, -0.1) is 0 Å². The fourth-order valence-electron chi connectivity index (χ4n) is 1.58. The van der Waals surface area contributed by atoms with E-state index in [2.05, 4.69) is 5.32 Å². The summed E-state index contributed by atoms with van der Waals surface area (Å²) < 4.78 is 15.9. The van der Waals surface area contributed by atoms with E-state index in [-0.39, 0.29) is 0 Å². The number of benzene rings is 1. The van der Waals surface area contributed by atoms with Crippen molar-refractivity contribution in [1.29, 1.82) is 0 Å². The molecule has 0 bridgehead atoms. The third kappa shape index (κ3) is 5.62. The number of ether oxygens (including phenoxy) is 1. The van der Waals surface area contributed by atoms with Gasteiger partial charge >= 0.3 is 0 Å². The Hall–Kier alpha value is -0.910. The first-order valence-electron chi connectivity index (χ1n) is 5.96. The second kappa shape index (κ2) is 8.24. The van der Waals surface area contributed by atoms with Gasteiger partial charge in [-0.3, -0.25) is 4.21 Å². The van der Waals surface area contributed by atoms with Crippen LogP contribution in [0.4, 0.5) is 0 Å². The molecule has 2 atom stereocenters. The van der Waals surface area contributed by atoms with Crippen LogP contribution in [0.5, 0.6) is 5.75 Å². The fourth-order valence-corrected chi connectivity index (χ4v) is 2.13. The highest BCUT2D eigenvalue weighted by Crippen LogP contribution is 2.16. The Kier molecular flexibility index (Phi) is 6.93. The van der Waals surface area contributed by atoms with Crippen molar-refractivity contribution >= 4 is 10.8 Å². The summed E-state index contributed by atoms with van der Waals surface area (Å²) in [6.45, 7) is 1.27. The lowest BCUT2D eigenvalue weighted by molar-refractivity contribution is 0.175. The van der Waals surface area contributed by atoms with Gasteiger partial charge in [0.15, 0.2) is 0 Å².